The fraction of sp³-hybridized carbons (Fsp3) is 0.458. The largest absolute Gasteiger partial charge is 0.490 e. The summed E-state index contributed by atoms with van der Waals surface area (Å²) in [5, 5.41) is 2.94. The van der Waals surface area contributed by atoms with Gasteiger partial charge in [-0.25, -0.2) is 23.1 Å². The summed E-state index contributed by atoms with van der Waals surface area (Å²) in [4.78, 5) is 21.6. The third-order valence-electron chi connectivity index (χ3n) is 6.75. The van der Waals surface area contributed by atoms with Gasteiger partial charge in [-0.3, -0.25) is 9.36 Å². The topological polar surface area (TPSA) is 69.0 Å². The molecule has 0 spiro atoms. The first-order chi connectivity index (χ1) is 16.9. The van der Waals surface area contributed by atoms with Crippen molar-refractivity contribution in [2.75, 3.05) is 12.4 Å². The number of nitrogens with one attached hydrogen (secondary N) is 1. The third-order valence-corrected chi connectivity index (χ3v) is 6.75. The monoisotopic (exact) mass is 514 g/mol. The second-order valence-corrected chi connectivity index (χ2v) is 8.87. The molecule has 0 radical (unpaired) electrons. The Bertz CT molecular complexity index is 1370. The number of nitrogens with zero attached hydrogens (tertiary/aromatic N) is 3. The Kier molecular flexibility index (Phi) is 6.42. The molecule has 2 heterocycles. The summed E-state index contributed by atoms with van der Waals surface area (Å²) in [6, 6.07) is 2.67. The molecule has 1 saturated carbocycles. The van der Waals surface area contributed by atoms with E-state index in [1.807, 2.05) is 0 Å². The second-order valence-electron chi connectivity index (χ2n) is 8.87. The van der Waals surface area contributed by atoms with E-state index < -0.39 is 47.0 Å². The molecule has 0 saturated heterocycles. The van der Waals surface area contributed by atoms with Crippen LogP contribution in [-0.2, 0) is 5.54 Å². The number of halogens is 6. The van der Waals surface area contributed by atoms with Crippen LogP contribution in [0, 0.1) is 18.7 Å². The molecule has 194 valence electrons. The molecular formula is C24H24F6N4O2. The molecule has 1 aliphatic carbocycles. The van der Waals surface area contributed by atoms with Gasteiger partial charge >= 0.3 is 6.18 Å². The molecule has 1 unspecified atom stereocenters. The summed E-state index contributed by atoms with van der Waals surface area (Å²) in [5.41, 5.74) is -4.25. The molecule has 0 bridgehead atoms. The average molecular weight is 514 g/mol. The normalized spacial score (nSPS) is 20.6. The molecule has 1 aromatic carbocycles. The second kappa shape index (κ2) is 8.97. The summed E-state index contributed by atoms with van der Waals surface area (Å²) in [7, 11) is 1.16. The molecule has 1 aliphatic rings. The Morgan fingerprint density at radius 1 is 1.25 bits per heavy atom. The van der Waals surface area contributed by atoms with Crippen molar-refractivity contribution >= 4 is 16.7 Å². The lowest BCUT2D eigenvalue weighted by atomic mass is 10.0. The molecule has 0 aliphatic heterocycles. The SMILES string of the molecule is CC[C@H]1CC1(n1cc2c(N[C@H](C)c3cccc(C(F)F)c3F)nc(C)nc2c(OC)c1=O)C(F)(F)F. The highest BCUT2D eigenvalue weighted by atomic mass is 19.4. The van der Waals surface area contributed by atoms with Crippen molar-refractivity contribution in [2.24, 2.45) is 5.92 Å². The highest BCUT2D eigenvalue weighted by Gasteiger charge is 2.71. The van der Waals surface area contributed by atoms with Crippen LogP contribution in [0.2, 0.25) is 0 Å². The number of alkyl halides is 5. The molecule has 4 rings (SSSR count). The van der Waals surface area contributed by atoms with Crippen LogP contribution < -0.4 is 15.6 Å². The van der Waals surface area contributed by atoms with E-state index >= 15 is 0 Å². The van der Waals surface area contributed by atoms with Gasteiger partial charge in [0.2, 0.25) is 5.75 Å². The Hall–Kier alpha value is -3.31. The van der Waals surface area contributed by atoms with Gasteiger partial charge in [0.25, 0.3) is 12.0 Å². The summed E-state index contributed by atoms with van der Waals surface area (Å²) < 4.78 is 89.6. The number of ether oxygens (including phenoxy) is 1. The van der Waals surface area contributed by atoms with Gasteiger partial charge in [0, 0.05) is 11.8 Å². The van der Waals surface area contributed by atoms with Crippen LogP contribution in [-0.4, -0.2) is 27.8 Å². The Labute approximate surface area is 202 Å². The number of hydrogen-bond donors (Lipinski definition) is 1. The first-order valence-corrected chi connectivity index (χ1v) is 11.3. The number of benzene rings is 1. The zero-order valence-electron chi connectivity index (χ0n) is 19.9. The van der Waals surface area contributed by atoms with Gasteiger partial charge in [0.1, 0.15) is 28.5 Å². The molecule has 3 atom stereocenters. The maximum atomic E-state index is 14.7. The molecule has 6 nitrogen and oxygen atoms in total. The quantitative estimate of drug-likeness (QED) is 0.389. The van der Waals surface area contributed by atoms with Gasteiger partial charge in [-0.05, 0) is 26.2 Å². The third kappa shape index (κ3) is 3.96. The maximum Gasteiger partial charge on any atom is 0.412 e. The fourth-order valence-electron chi connectivity index (χ4n) is 4.80. The number of anilines is 1. The molecule has 1 N–H and O–H groups in total. The number of rotatable bonds is 7. The van der Waals surface area contributed by atoms with Crippen LogP contribution in [0.15, 0.2) is 29.2 Å². The van der Waals surface area contributed by atoms with Crippen LogP contribution in [0.5, 0.6) is 5.75 Å². The van der Waals surface area contributed by atoms with Gasteiger partial charge in [-0.15, -0.1) is 0 Å². The Morgan fingerprint density at radius 2 is 1.92 bits per heavy atom. The summed E-state index contributed by atoms with van der Waals surface area (Å²) >= 11 is 0. The summed E-state index contributed by atoms with van der Waals surface area (Å²) in [5.74, 6) is -2.12. The molecule has 0 amide bonds. The standard InChI is InChI=1S/C24H24F6N4O2/c1-5-13-9-23(13,24(28,29)30)34-10-16-18(19(36-4)22(34)35)32-12(3)33-21(16)31-11(2)14-7-6-8-15(17(14)25)20(26)27/h6-8,10-11,13,20H,5,9H2,1-4H3,(H,31,32,33)/t11-,13+,23?/m1/s1. The predicted octanol–water partition coefficient (Wildman–Crippen LogP) is 6.05. The first kappa shape index (κ1) is 25.8. The highest BCUT2D eigenvalue weighted by Crippen LogP contribution is 2.61. The van der Waals surface area contributed by atoms with E-state index in [1.54, 1.807) is 6.92 Å². The minimum absolute atomic E-state index is 0.00456. The van der Waals surface area contributed by atoms with Crippen LogP contribution in [0.4, 0.5) is 32.2 Å². The maximum absolute atomic E-state index is 14.7. The van der Waals surface area contributed by atoms with E-state index in [9.17, 15) is 31.1 Å². The van der Waals surface area contributed by atoms with E-state index in [2.05, 4.69) is 15.3 Å². The van der Waals surface area contributed by atoms with E-state index in [0.29, 0.717) is 4.57 Å². The van der Waals surface area contributed by atoms with Crippen molar-refractivity contribution in [3.05, 3.63) is 57.5 Å². The van der Waals surface area contributed by atoms with E-state index in [1.165, 1.54) is 26.0 Å². The molecule has 3 aromatic rings. The minimum Gasteiger partial charge on any atom is -0.490 e. The lowest BCUT2D eigenvalue weighted by Crippen LogP contribution is -2.43. The summed E-state index contributed by atoms with van der Waals surface area (Å²) in [6.45, 7) is 4.61. The van der Waals surface area contributed by atoms with Gasteiger partial charge in [0.15, 0.2) is 0 Å². The van der Waals surface area contributed by atoms with Crippen LogP contribution in [0.1, 0.15) is 56.1 Å². The number of aromatic nitrogens is 3. The average Bonchev–Trinajstić information content (AvgIpc) is 3.54. The number of fused-ring (bicyclic) bond motifs is 1. The molecule has 12 heteroatoms. The van der Waals surface area contributed by atoms with Gasteiger partial charge < -0.3 is 10.1 Å². The minimum atomic E-state index is -4.71. The van der Waals surface area contributed by atoms with Crippen molar-refractivity contribution in [3.63, 3.8) is 0 Å². The van der Waals surface area contributed by atoms with Gasteiger partial charge in [-0.1, -0.05) is 31.5 Å². The lowest BCUT2D eigenvalue weighted by Gasteiger charge is -2.25. The molecule has 1 fully saturated rings. The number of pyridine rings is 1. The number of methoxy groups -OCH3 is 1. The van der Waals surface area contributed by atoms with E-state index in [0.717, 1.165) is 19.4 Å². The highest BCUT2D eigenvalue weighted by molar-refractivity contribution is 5.92. The van der Waals surface area contributed by atoms with Gasteiger partial charge in [-0.2, -0.15) is 13.2 Å². The number of aryl methyl sites for hydroxylation is 1. The fourth-order valence-corrected chi connectivity index (χ4v) is 4.80. The van der Waals surface area contributed by atoms with Crippen molar-refractivity contribution in [1.82, 2.24) is 14.5 Å². The van der Waals surface area contributed by atoms with Crippen molar-refractivity contribution in [3.8, 4) is 5.75 Å². The van der Waals surface area contributed by atoms with Crippen LogP contribution in [0.3, 0.4) is 0 Å². The number of hydrogen-bond acceptors (Lipinski definition) is 5. The van der Waals surface area contributed by atoms with E-state index in [4.69, 9.17) is 4.74 Å². The van der Waals surface area contributed by atoms with Crippen molar-refractivity contribution < 1.29 is 31.1 Å². The molecule has 2 aromatic heterocycles. The predicted molar refractivity (Wildman–Crippen MR) is 121 cm³/mol. The van der Waals surface area contributed by atoms with Crippen molar-refractivity contribution in [1.29, 1.82) is 0 Å². The smallest absolute Gasteiger partial charge is 0.412 e. The van der Waals surface area contributed by atoms with Gasteiger partial charge in [0.05, 0.1) is 24.1 Å². The molecule has 36 heavy (non-hydrogen) atoms. The zero-order chi connectivity index (χ0) is 26.6. The van der Waals surface area contributed by atoms with Crippen LogP contribution >= 0.6 is 0 Å². The van der Waals surface area contributed by atoms with Crippen LogP contribution in [0.25, 0.3) is 10.9 Å². The van der Waals surface area contributed by atoms with Crippen molar-refractivity contribution in [2.45, 2.75) is 57.8 Å². The first-order valence-electron chi connectivity index (χ1n) is 11.3. The summed E-state index contributed by atoms with van der Waals surface area (Å²) in [6.07, 6.45) is -6.75. The zero-order valence-corrected chi connectivity index (χ0v) is 19.9. The lowest BCUT2D eigenvalue weighted by molar-refractivity contribution is -0.185. The van der Waals surface area contributed by atoms with E-state index in [-0.39, 0.29) is 46.7 Å². The molecular weight excluding hydrogens is 490 g/mol. The Morgan fingerprint density at radius 3 is 2.47 bits per heavy atom. The Balaban J connectivity index is 1.91.